The van der Waals surface area contributed by atoms with Gasteiger partial charge in [-0.3, -0.25) is 4.90 Å². The van der Waals surface area contributed by atoms with E-state index in [1.54, 1.807) is 6.26 Å². The van der Waals surface area contributed by atoms with Crippen LogP contribution in [0.2, 0.25) is 0 Å². The summed E-state index contributed by atoms with van der Waals surface area (Å²) in [4.78, 5) is 2.66. The Labute approximate surface area is 109 Å². The largest absolute Gasteiger partial charge is 0.472 e. The van der Waals surface area contributed by atoms with Crippen molar-refractivity contribution < 1.29 is 4.42 Å². The van der Waals surface area contributed by atoms with Crippen LogP contribution < -0.4 is 5.73 Å². The van der Waals surface area contributed by atoms with Crippen molar-refractivity contribution in [2.24, 2.45) is 11.7 Å². The summed E-state index contributed by atoms with van der Waals surface area (Å²) in [6, 6.07) is 3.19. The van der Waals surface area contributed by atoms with Crippen LogP contribution in [0, 0.1) is 5.92 Å². The van der Waals surface area contributed by atoms with Crippen LogP contribution in [0.3, 0.4) is 0 Å². The molecule has 2 aliphatic rings. The molecule has 18 heavy (non-hydrogen) atoms. The average Bonchev–Trinajstić information content (AvgIpc) is 2.94. The Morgan fingerprint density at radius 2 is 2.11 bits per heavy atom. The van der Waals surface area contributed by atoms with Gasteiger partial charge in [0.25, 0.3) is 0 Å². The Balaban J connectivity index is 1.80. The van der Waals surface area contributed by atoms with Gasteiger partial charge < -0.3 is 10.2 Å². The zero-order valence-electron chi connectivity index (χ0n) is 11.1. The number of hydrogen-bond acceptors (Lipinski definition) is 3. The minimum absolute atomic E-state index is 0.356. The zero-order valence-corrected chi connectivity index (χ0v) is 11.1. The number of nitrogens with zero attached hydrogens (tertiary/aromatic N) is 1. The Morgan fingerprint density at radius 1 is 1.28 bits per heavy atom. The molecule has 1 aromatic rings. The lowest BCUT2D eigenvalue weighted by molar-refractivity contribution is 0.0274. The monoisotopic (exact) mass is 248 g/mol. The summed E-state index contributed by atoms with van der Waals surface area (Å²) >= 11 is 0. The van der Waals surface area contributed by atoms with E-state index >= 15 is 0 Å². The van der Waals surface area contributed by atoms with Gasteiger partial charge in [-0.2, -0.15) is 0 Å². The van der Waals surface area contributed by atoms with Crippen LogP contribution in [0.15, 0.2) is 23.0 Å². The number of hydrogen-bond donors (Lipinski definition) is 1. The van der Waals surface area contributed by atoms with Crippen molar-refractivity contribution in [3.63, 3.8) is 0 Å². The Morgan fingerprint density at radius 3 is 2.89 bits per heavy atom. The Bertz CT molecular complexity index is 361. The van der Waals surface area contributed by atoms with E-state index < -0.39 is 0 Å². The van der Waals surface area contributed by atoms with Gasteiger partial charge in [-0.15, -0.1) is 0 Å². The topological polar surface area (TPSA) is 42.4 Å². The van der Waals surface area contributed by atoms with Gasteiger partial charge in [0.1, 0.15) is 0 Å². The molecule has 1 aliphatic heterocycles. The van der Waals surface area contributed by atoms with E-state index in [0.29, 0.717) is 12.6 Å². The molecule has 1 aromatic heterocycles. The summed E-state index contributed by atoms with van der Waals surface area (Å²) in [6.45, 7) is 1.90. The van der Waals surface area contributed by atoms with Crippen LogP contribution in [0.1, 0.15) is 50.1 Å². The maximum absolute atomic E-state index is 6.03. The highest BCUT2D eigenvalue weighted by molar-refractivity contribution is 5.13. The van der Waals surface area contributed by atoms with Gasteiger partial charge in [0.05, 0.1) is 18.6 Å². The maximum atomic E-state index is 6.03. The fourth-order valence-corrected chi connectivity index (χ4v) is 3.98. The predicted molar refractivity (Wildman–Crippen MR) is 72.2 cm³/mol. The van der Waals surface area contributed by atoms with Gasteiger partial charge in [-0.25, -0.2) is 0 Å². The molecule has 3 heteroatoms. The van der Waals surface area contributed by atoms with Crippen LogP contribution in [0.25, 0.3) is 0 Å². The van der Waals surface area contributed by atoms with Gasteiger partial charge >= 0.3 is 0 Å². The van der Waals surface area contributed by atoms with Crippen molar-refractivity contribution in [1.82, 2.24) is 4.90 Å². The standard InChI is InChI=1S/C15H24N2O/c16-10-15(13-7-9-18-11-13)17-8-3-5-12-4-1-2-6-14(12)17/h7,9,11-12,14-15H,1-6,8,10,16H2/t12-,14-,15?/m1/s1. The molecule has 0 bridgehead atoms. The molecule has 3 nitrogen and oxygen atoms in total. The van der Waals surface area contributed by atoms with Crippen LogP contribution >= 0.6 is 0 Å². The SMILES string of the molecule is NCC(c1ccoc1)N1CCC[C@H]2CCCC[C@H]21. The smallest absolute Gasteiger partial charge is 0.0950 e. The number of fused-ring (bicyclic) bond motifs is 1. The molecule has 2 N–H and O–H groups in total. The molecule has 1 saturated heterocycles. The molecule has 2 heterocycles. The van der Waals surface area contributed by atoms with E-state index in [2.05, 4.69) is 11.0 Å². The van der Waals surface area contributed by atoms with Gasteiger partial charge in [0.2, 0.25) is 0 Å². The van der Waals surface area contributed by atoms with Crippen LogP contribution in [-0.2, 0) is 0 Å². The fraction of sp³-hybridized carbons (Fsp3) is 0.733. The molecule has 1 aliphatic carbocycles. The van der Waals surface area contributed by atoms with Gasteiger partial charge in [0, 0.05) is 18.2 Å². The van der Waals surface area contributed by atoms with E-state index in [9.17, 15) is 0 Å². The highest BCUT2D eigenvalue weighted by atomic mass is 16.3. The molecule has 3 atom stereocenters. The number of piperidine rings is 1. The summed E-state index contributed by atoms with van der Waals surface area (Å²) in [5.74, 6) is 0.911. The summed E-state index contributed by atoms with van der Waals surface area (Å²) in [7, 11) is 0. The fourth-order valence-electron chi connectivity index (χ4n) is 3.98. The lowest BCUT2D eigenvalue weighted by Crippen LogP contribution is -2.49. The normalized spacial score (nSPS) is 30.9. The molecule has 2 fully saturated rings. The lowest BCUT2D eigenvalue weighted by Gasteiger charge is -2.47. The second-order valence-electron chi connectivity index (χ2n) is 5.80. The first kappa shape index (κ1) is 12.2. The van der Waals surface area contributed by atoms with Crippen LogP contribution in [-0.4, -0.2) is 24.0 Å². The highest BCUT2D eigenvalue weighted by Crippen LogP contribution is 2.39. The first-order valence-electron chi connectivity index (χ1n) is 7.38. The summed E-state index contributed by atoms with van der Waals surface area (Å²) in [5.41, 5.74) is 7.29. The molecule has 100 valence electrons. The average molecular weight is 248 g/mol. The molecular weight excluding hydrogens is 224 g/mol. The van der Waals surface area contributed by atoms with Crippen molar-refractivity contribution >= 4 is 0 Å². The predicted octanol–water partition coefficient (Wildman–Crippen LogP) is 2.93. The maximum Gasteiger partial charge on any atom is 0.0950 e. The highest BCUT2D eigenvalue weighted by Gasteiger charge is 2.36. The van der Waals surface area contributed by atoms with E-state index in [4.69, 9.17) is 10.2 Å². The molecule has 0 amide bonds. The van der Waals surface area contributed by atoms with Gasteiger partial charge in [0.15, 0.2) is 0 Å². The van der Waals surface area contributed by atoms with E-state index in [0.717, 1.165) is 12.0 Å². The number of nitrogens with two attached hydrogens (primary N) is 1. The molecule has 0 radical (unpaired) electrons. The summed E-state index contributed by atoms with van der Waals surface area (Å²) in [5, 5.41) is 0. The summed E-state index contributed by atoms with van der Waals surface area (Å²) < 4.78 is 5.24. The van der Waals surface area contributed by atoms with Crippen molar-refractivity contribution in [2.45, 2.75) is 50.6 Å². The quantitative estimate of drug-likeness (QED) is 0.894. The second kappa shape index (κ2) is 5.45. The third-order valence-electron chi connectivity index (χ3n) is 4.84. The zero-order chi connectivity index (χ0) is 12.4. The third kappa shape index (κ3) is 2.21. The van der Waals surface area contributed by atoms with Gasteiger partial charge in [-0.05, 0) is 44.2 Å². The van der Waals surface area contributed by atoms with Crippen molar-refractivity contribution in [2.75, 3.05) is 13.1 Å². The van der Waals surface area contributed by atoms with Crippen molar-refractivity contribution in [3.8, 4) is 0 Å². The summed E-state index contributed by atoms with van der Waals surface area (Å²) in [6.07, 6.45) is 12.0. The minimum Gasteiger partial charge on any atom is -0.472 e. The van der Waals surface area contributed by atoms with E-state index in [-0.39, 0.29) is 0 Å². The molecule has 0 aromatic carbocycles. The molecule has 1 saturated carbocycles. The molecular formula is C15H24N2O. The number of furan rings is 1. The minimum atomic E-state index is 0.356. The van der Waals surface area contributed by atoms with Crippen molar-refractivity contribution in [1.29, 1.82) is 0 Å². The molecule has 0 spiro atoms. The van der Waals surface area contributed by atoms with E-state index in [1.807, 2.05) is 6.26 Å². The second-order valence-corrected chi connectivity index (χ2v) is 5.80. The Hall–Kier alpha value is -0.800. The first-order chi connectivity index (χ1) is 8.90. The first-order valence-corrected chi connectivity index (χ1v) is 7.38. The van der Waals surface area contributed by atoms with Crippen LogP contribution in [0.5, 0.6) is 0 Å². The third-order valence-corrected chi connectivity index (χ3v) is 4.84. The lowest BCUT2D eigenvalue weighted by atomic mass is 9.77. The number of rotatable bonds is 3. The number of likely N-dealkylation sites (tertiary alicyclic amines) is 1. The molecule has 1 unspecified atom stereocenters. The van der Waals surface area contributed by atoms with Crippen molar-refractivity contribution in [3.05, 3.63) is 24.2 Å². The Kier molecular flexibility index (Phi) is 3.71. The van der Waals surface area contributed by atoms with Gasteiger partial charge in [-0.1, -0.05) is 12.8 Å². The van der Waals surface area contributed by atoms with E-state index in [1.165, 1.54) is 50.6 Å². The van der Waals surface area contributed by atoms with Crippen LogP contribution in [0.4, 0.5) is 0 Å². The molecule has 3 rings (SSSR count).